The van der Waals surface area contributed by atoms with Crippen LogP contribution in [0.5, 0.6) is 5.75 Å². The molecule has 0 radical (unpaired) electrons. The van der Waals surface area contributed by atoms with Gasteiger partial charge in [-0.3, -0.25) is 0 Å². The second kappa shape index (κ2) is 5.22. The van der Waals surface area contributed by atoms with Crippen LogP contribution in [0.1, 0.15) is 38.7 Å². The fourth-order valence-electron chi connectivity index (χ4n) is 1.97. The first-order valence-electron chi connectivity index (χ1n) is 6.30. The molecule has 1 aliphatic rings. The summed E-state index contributed by atoms with van der Waals surface area (Å²) in [7, 11) is 0. The van der Waals surface area contributed by atoms with Gasteiger partial charge in [0, 0.05) is 6.42 Å². The molecule has 1 aliphatic carbocycles. The maximum atomic E-state index is 5.93. The van der Waals surface area contributed by atoms with Crippen LogP contribution in [0, 0.1) is 5.92 Å². The monoisotopic (exact) mass is 228 g/mol. The minimum Gasteiger partial charge on any atom is -0.462 e. The minimum absolute atomic E-state index is 0.540. The molecule has 0 aliphatic heterocycles. The van der Waals surface area contributed by atoms with Gasteiger partial charge in [0.15, 0.2) is 0 Å². The predicted molar refractivity (Wildman–Crippen MR) is 72.2 cm³/mol. The van der Waals surface area contributed by atoms with Gasteiger partial charge in [-0.25, -0.2) is 0 Å². The number of allylic oxidation sites excluding steroid dienone is 4. The zero-order valence-corrected chi connectivity index (χ0v) is 10.8. The molecule has 90 valence electrons. The van der Waals surface area contributed by atoms with Gasteiger partial charge in [0.25, 0.3) is 0 Å². The van der Waals surface area contributed by atoms with Gasteiger partial charge in [-0.15, -0.1) is 0 Å². The summed E-state index contributed by atoms with van der Waals surface area (Å²) in [5, 5.41) is 0. The van der Waals surface area contributed by atoms with Crippen LogP contribution in [0.4, 0.5) is 0 Å². The summed E-state index contributed by atoms with van der Waals surface area (Å²) < 4.78 is 5.93. The van der Waals surface area contributed by atoms with Gasteiger partial charge in [0.2, 0.25) is 0 Å². The smallest absolute Gasteiger partial charge is 0.127 e. The Balaban J connectivity index is 2.11. The van der Waals surface area contributed by atoms with Crippen molar-refractivity contribution in [2.45, 2.75) is 33.1 Å². The lowest BCUT2D eigenvalue weighted by Crippen LogP contribution is -2.03. The molecule has 1 aromatic carbocycles. The molecule has 0 saturated carbocycles. The van der Waals surface area contributed by atoms with E-state index >= 15 is 0 Å². The molecule has 2 rings (SSSR count). The van der Waals surface area contributed by atoms with Crippen molar-refractivity contribution >= 4 is 0 Å². The molecule has 1 heteroatoms. The van der Waals surface area contributed by atoms with Crippen molar-refractivity contribution in [3.63, 3.8) is 0 Å². The standard InChI is InChI=1S/C16H20O/c1-12(2)14-7-5-9-16(11-14)17-15-8-4-6-13(3)10-15/h4-9,11-13H,10H2,1-3H3. The van der Waals surface area contributed by atoms with Crippen LogP contribution in [0.2, 0.25) is 0 Å². The second-order valence-electron chi connectivity index (χ2n) is 5.03. The molecule has 0 bridgehead atoms. The number of rotatable bonds is 3. The Morgan fingerprint density at radius 1 is 1.29 bits per heavy atom. The molecule has 1 atom stereocenters. The first kappa shape index (κ1) is 12.0. The molecule has 0 spiro atoms. The van der Waals surface area contributed by atoms with E-state index in [1.54, 1.807) is 0 Å². The summed E-state index contributed by atoms with van der Waals surface area (Å²) in [4.78, 5) is 0. The highest BCUT2D eigenvalue weighted by Crippen LogP contribution is 2.25. The van der Waals surface area contributed by atoms with Crippen molar-refractivity contribution in [3.8, 4) is 5.75 Å². The zero-order valence-electron chi connectivity index (χ0n) is 10.8. The Labute approximate surface area is 104 Å². The molecule has 0 amide bonds. The first-order valence-corrected chi connectivity index (χ1v) is 6.30. The summed E-state index contributed by atoms with van der Waals surface area (Å²) >= 11 is 0. The lowest BCUT2D eigenvalue weighted by molar-refractivity contribution is 0.384. The topological polar surface area (TPSA) is 9.23 Å². The molecule has 0 heterocycles. The quantitative estimate of drug-likeness (QED) is 0.730. The van der Waals surface area contributed by atoms with E-state index in [9.17, 15) is 0 Å². The Morgan fingerprint density at radius 2 is 2.12 bits per heavy atom. The summed E-state index contributed by atoms with van der Waals surface area (Å²) in [6.45, 7) is 6.60. The van der Waals surface area contributed by atoms with E-state index in [1.165, 1.54) is 5.56 Å². The summed E-state index contributed by atoms with van der Waals surface area (Å²) in [6.07, 6.45) is 7.33. The van der Waals surface area contributed by atoms with Crippen LogP contribution in [0.3, 0.4) is 0 Å². The van der Waals surface area contributed by atoms with Crippen molar-refractivity contribution in [1.82, 2.24) is 0 Å². The van der Waals surface area contributed by atoms with Crippen LogP contribution in [-0.2, 0) is 0 Å². The summed E-state index contributed by atoms with van der Waals surface area (Å²) in [6, 6.07) is 8.37. The van der Waals surface area contributed by atoms with Gasteiger partial charge < -0.3 is 4.74 Å². The molecule has 17 heavy (non-hydrogen) atoms. The van der Waals surface area contributed by atoms with Crippen molar-refractivity contribution in [2.24, 2.45) is 5.92 Å². The lowest BCUT2D eigenvalue weighted by Gasteiger charge is -2.16. The fraction of sp³-hybridized carbons (Fsp3) is 0.375. The van der Waals surface area contributed by atoms with Crippen LogP contribution in [0.25, 0.3) is 0 Å². The van der Waals surface area contributed by atoms with Crippen molar-refractivity contribution in [2.75, 3.05) is 0 Å². The normalized spacial score (nSPS) is 19.3. The maximum Gasteiger partial charge on any atom is 0.127 e. The van der Waals surface area contributed by atoms with Crippen molar-refractivity contribution < 1.29 is 4.74 Å². The molecule has 0 fully saturated rings. The minimum atomic E-state index is 0.540. The van der Waals surface area contributed by atoms with Crippen LogP contribution in [-0.4, -0.2) is 0 Å². The first-order chi connectivity index (χ1) is 8.15. The summed E-state index contributed by atoms with van der Waals surface area (Å²) in [5.41, 5.74) is 1.32. The third kappa shape index (κ3) is 3.23. The van der Waals surface area contributed by atoms with Crippen LogP contribution < -0.4 is 4.74 Å². The molecule has 1 unspecified atom stereocenters. The SMILES string of the molecule is CC1C=CC=C(Oc2cccc(C(C)C)c2)C1. The fourth-order valence-corrected chi connectivity index (χ4v) is 1.97. The van der Waals surface area contributed by atoms with E-state index in [0.717, 1.165) is 17.9 Å². The van der Waals surface area contributed by atoms with Crippen LogP contribution in [0.15, 0.2) is 48.3 Å². The third-order valence-corrected chi connectivity index (χ3v) is 3.02. The van der Waals surface area contributed by atoms with E-state index < -0.39 is 0 Å². The van der Waals surface area contributed by atoms with Gasteiger partial charge in [-0.05, 0) is 35.6 Å². The average Bonchev–Trinajstić information content (AvgIpc) is 2.29. The van der Waals surface area contributed by atoms with Crippen LogP contribution >= 0.6 is 0 Å². The Bertz CT molecular complexity index is 441. The van der Waals surface area contributed by atoms with E-state index in [4.69, 9.17) is 4.74 Å². The summed E-state index contributed by atoms with van der Waals surface area (Å²) in [5.74, 6) is 3.12. The maximum absolute atomic E-state index is 5.93. The highest BCUT2D eigenvalue weighted by Gasteiger charge is 2.09. The Kier molecular flexibility index (Phi) is 3.68. The number of hydrogen-bond donors (Lipinski definition) is 0. The van der Waals surface area contributed by atoms with E-state index in [2.05, 4.69) is 57.2 Å². The van der Waals surface area contributed by atoms with Crippen molar-refractivity contribution in [1.29, 1.82) is 0 Å². The van der Waals surface area contributed by atoms with Gasteiger partial charge >= 0.3 is 0 Å². The molecule has 0 aromatic heterocycles. The number of hydrogen-bond acceptors (Lipinski definition) is 1. The number of benzene rings is 1. The molecule has 0 saturated heterocycles. The molecule has 0 N–H and O–H groups in total. The van der Waals surface area contributed by atoms with Gasteiger partial charge in [0.1, 0.15) is 11.5 Å². The zero-order chi connectivity index (χ0) is 12.3. The van der Waals surface area contributed by atoms with E-state index in [-0.39, 0.29) is 0 Å². The number of ether oxygens (including phenoxy) is 1. The Hall–Kier alpha value is -1.50. The van der Waals surface area contributed by atoms with Crippen molar-refractivity contribution in [3.05, 3.63) is 53.8 Å². The molecule has 1 aromatic rings. The van der Waals surface area contributed by atoms with E-state index in [1.807, 2.05) is 6.07 Å². The second-order valence-corrected chi connectivity index (χ2v) is 5.03. The van der Waals surface area contributed by atoms with Gasteiger partial charge in [-0.2, -0.15) is 0 Å². The highest BCUT2D eigenvalue weighted by atomic mass is 16.5. The lowest BCUT2D eigenvalue weighted by atomic mass is 10.0. The van der Waals surface area contributed by atoms with Gasteiger partial charge in [0.05, 0.1) is 0 Å². The Morgan fingerprint density at radius 3 is 2.82 bits per heavy atom. The largest absolute Gasteiger partial charge is 0.462 e. The highest BCUT2D eigenvalue weighted by molar-refractivity contribution is 5.32. The molecular formula is C16H20O. The third-order valence-electron chi connectivity index (χ3n) is 3.02. The van der Waals surface area contributed by atoms with Gasteiger partial charge in [-0.1, -0.05) is 45.1 Å². The molecule has 1 nitrogen and oxygen atoms in total. The van der Waals surface area contributed by atoms with E-state index in [0.29, 0.717) is 11.8 Å². The average molecular weight is 228 g/mol. The molecular weight excluding hydrogens is 208 g/mol. The predicted octanol–water partition coefficient (Wildman–Crippen LogP) is 4.67.